The molecule has 0 spiro atoms. The lowest BCUT2D eigenvalue weighted by atomic mass is 9.57. The summed E-state index contributed by atoms with van der Waals surface area (Å²) in [5.41, 5.74) is 2.39. The molecule has 3 aliphatic carbocycles. The normalized spacial score (nSPS) is 22.9. The Bertz CT molecular complexity index is 1990. The van der Waals surface area contributed by atoms with Crippen LogP contribution in [-0.2, 0) is 36.9 Å². The number of carbonyl (C=O) groups is 5. The highest BCUT2D eigenvalue weighted by molar-refractivity contribution is 6.24. The number of likely N-dealkylation sites (N-methyl/N-ethyl adjacent to an activating group) is 1. The van der Waals surface area contributed by atoms with E-state index in [4.69, 9.17) is 19.3 Å². The molecule has 5 rings (SSSR count). The Hall–Kier alpha value is -5.62. The largest absolute Gasteiger partial charge is 0.519 e. The van der Waals surface area contributed by atoms with E-state index in [1.807, 2.05) is 0 Å². The Kier molecular flexibility index (Phi) is 10.5. The van der Waals surface area contributed by atoms with E-state index in [1.165, 1.54) is 25.9 Å². The summed E-state index contributed by atoms with van der Waals surface area (Å²) in [5, 5.41) is 49.7. The number of nitrogens with two attached hydrogens (primary N) is 1. The molecule has 3 unspecified atom stereocenters. The topological polar surface area (TPSA) is 267 Å². The molecule has 1 aromatic heterocycles. The third kappa shape index (κ3) is 6.52. The van der Waals surface area contributed by atoms with Crippen LogP contribution in [0, 0.1) is 18.8 Å². The van der Waals surface area contributed by atoms with Gasteiger partial charge in [-0.3, -0.25) is 24.2 Å². The number of phenols is 1. The first kappa shape index (κ1) is 38.6. The van der Waals surface area contributed by atoms with Gasteiger partial charge in [0.1, 0.15) is 29.1 Å². The molecule has 53 heavy (non-hydrogen) atoms. The number of nitrogens with zero attached hydrogens (tertiary/aromatic N) is 3. The second-order valence-electron chi connectivity index (χ2n) is 13.8. The summed E-state index contributed by atoms with van der Waals surface area (Å²) in [4.78, 5) is 80.0. The van der Waals surface area contributed by atoms with Gasteiger partial charge in [-0.05, 0) is 57.8 Å². The third-order valence-electron chi connectivity index (χ3n) is 10.2. The van der Waals surface area contributed by atoms with E-state index in [-0.39, 0.29) is 54.3 Å². The van der Waals surface area contributed by atoms with Gasteiger partial charge < -0.3 is 54.7 Å². The fourth-order valence-corrected chi connectivity index (χ4v) is 7.60. The smallest absolute Gasteiger partial charge is 0.508 e. The van der Waals surface area contributed by atoms with Gasteiger partial charge in [0.2, 0.25) is 5.78 Å². The van der Waals surface area contributed by atoms with Crippen LogP contribution in [-0.4, -0.2) is 119 Å². The van der Waals surface area contributed by atoms with Crippen molar-refractivity contribution in [1.82, 2.24) is 9.80 Å². The predicted molar refractivity (Wildman–Crippen MR) is 186 cm³/mol. The number of fused-ring (bicyclic) bond motifs is 3. The Morgan fingerprint density at radius 3 is 2.38 bits per heavy atom. The van der Waals surface area contributed by atoms with Crippen LogP contribution in [0.15, 0.2) is 36.6 Å². The molecule has 18 nitrogen and oxygen atoms in total. The maximum Gasteiger partial charge on any atom is 0.519 e. The zero-order valence-corrected chi connectivity index (χ0v) is 30.1. The minimum absolute atomic E-state index is 0.000874. The van der Waals surface area contributed by atoms with Crippen molar-refractivity contribution in [2.75, 3.05) is 51.5 Å². The summed E-state index contributed by atoms with van der Waals surface area (Å²) < 4.78 is 14.9. The molecule has 2 amide bonds. The first-order valence-electron chi connectivity index (χ1n) is 16.8. The van der Waals surface area contributed by atoms with E-state index in [2.05, 4.69) is 5.32 Å². The number of primary amides is 1. The van der Waals surface area contributed by atoms with Gasteiger partial charge in [-0.1, -0.05) is 6.92 Å². The number of ether oxygens (including phenoxy) is 1. The number of aromatic hydroxyl groups is 1. The maximum absolute atomic E-state index is 14.3. The van der Waals surface area contributed by atoms with Crippen molar-refractivity contribution in [3.05, 3.63) is 56.2 Å². The molecule has 1 fully saturated rings. The predicted octanol–water partition coefficient (Wildman–Crippen LogP) is 0.913. The lowest BCUT2D eigenvalue weighted by Gasteiger charge is -2.50. The van der Waals surface area contributed by atoms with Gasteiger partial charge in [0, 0.05) is 43.9 Å². The highest BCUT2D eigenvalue weighted by atomic mass is 16.6. The van der Waals surface area contributed by atoms with Crippen LogP contribution in [0.2, 0.25) is 0 Å². The fraction of sp³-hybridized carbons (Fsp3) is 0.486. The van der Waals surface area contributed by atoms with Crippen molar-refractivity contribution >= 4 is 47.0 Å². The van der Waals surface area contributed by atoms with Crippen molar-refractivity contribution in [2.24, 2.45) is 17.6 Å². The van der Waals surface area contributed by atoms with Gasteiger partial charge in [0.05, 0.1) is 23.8 Å². The summed E-state index contributed by atoms with van der Waals surface area (Å²) in [6.07, 6.45) is -0.0228. The van der Waals surface area contributed by atoms with Crippen LogP contribution < -0.4 is 21.8 Å². The molecule has 1 heterocycles. The number of amides is 2. The first-order valence-corrected chi connectivity index (χ1v) is 16.8. The molecule has 0 radical (unpaired) electrons. The Labute approximate surface area is 303 Å². The van der Waals surface area contributed by atoms with E-state index >= 15 is 0 Å². The number of Topliss-reactive ketones (excluding diaryl/α,β-unsaturated/α-hetero) is 2. The number of carbonyl (C=O) groups excluding carboxylic acids is 5. The number of aliphatic hydroxyl groups excluding tert-OH is 2. The lowest BCUT2D eigenvalue weighted by molar-refractivity contribution is -0.153. The molecular weight excluding hydrogens is 698 g/mol. The Morgan fingerprint density at radius 2 is 1.83 bits per heavy atom. The fourth-order valence-electron chi connectivity index (χ4n) is 7.60. The summed E-state index contributed by atoms with van der Waals surface area (Å²) in [6, 6.07) is -0.197. The quantitative estimate of drug-likeness (QED) is 0.100. The number of rotatable bonds is 12. The number of anilines is 2. The van der Waals surface area contributed by atoms with Crippen LogP contribution in [0.5, 0.6) is 5.75 Å². The molecule has 1 aromatic carbocycles. The van der Waals surface area contributed by atoms with Gasteiger partial charge in [-0.2, -0.15) is 0 Å². The van der Waals surface area contributed by atoms with Crippen molar-refractivity contribution < 1.29 is 58.0 Å². The summed E-state index contributed by atoms with van der Waals surface area (Å²) >= 11 is 0. The molecule has 286 valence electrons. The van der Waals surface area contributed by atoms with E-state index in [1.54, 1.807) is 32.0 Å². The van der Waals surface area contributed by atoms with Gasteiger partial charge >= 0.3 is 11.9 Å². The second-order valence-corrected chi connectivity index (χ2v) is 13.8. The number of hydrogen-bond acceptors (Lipinski definition) is 16. The average molecular weight is 742 g/mol. The molecule has 0 aliphatic heterocycles. The van der Waals surface area contributed by atoms with Gasteiger partial charge in [-0.15, -0.1) is 0 Å². The van der Waals surface area contributed by atoms with Crippen molar-refractivity contribution in [2.45, 2.75) is 57.4 Å². The van der Waals surface area contributed by atoms with Gasteiger partial charge in [-0.25, -0.2) is 9.59 Å². The number of benzene rings is 1. The molecule has 5 atom stereocenters. The van der Waals surface area contributed by atoms with Crippen molar-refractivity contribution in [3.8, 4) is 5.75 Å². The summed E-state index contributed by atoms with van der Waals surface area (Å²) in [6.45, 7) is 2.35. The van der Waals surface area contributed by atoms with E-state index in [0.29, 0.717) is 24.0 Å². The highest BCUT2D eigenvalue weighted by Gasteiger charge is 2.64. The first-order chi connectivity index (χ1) is 24.9. The molecular formula is C35H43N5O13. The van der Waals surface area contributed by atoms with E-state index in [0.717, 1.165) is 4.90 Å². The molecule has 7 N–H and O–H groups in total. The van der Waals surface area contributed by atoms with Gasteiger partial charge in [0.25, 0.3) is 5.91 Å². The van der Waals surface area contributed by atoms with Crippen molar-refractivity contribution in [3.63, 3.8) is 0 Å². The van der Waals surface area contributed by atoms with Crippen LogP contribution in [0.25, 0.3) is 5.76 Å². The zero-order chi connectivity index (χ0) is 39.3. The van der Waals surface area contributed by atoms with Crippen LogP contribution in [0.3, 0.4) is 0 Å². The summed E-state index contributed by atoms with van der Waals surface area (Å²) in [7, 11) is 6.52. The zero-order valence-electron chi connectivity index (χ0n) is 30.1. The second kappa shape index (κ2) is 14.4. The number of ketones is 2. The van der Waals surface area contributed by atoms with E-state index in [9.17, 15) is 49.2 Å². The summed E-state index contributed by atoms with van der Waals surface area (Å²) in [5.74, 6) is -8.44. The number of nitrogens with one attached hydrogen (secondary N) is 1. The maximum atomic E-state index is 14.3. The third-order valence-corrected chi connectivity index (χ3v) is 10.2. The molecule has 2 aromatic rings. The standard InChI is InChI=1S/C35H43N5O13/c1-7-17(13-40(8-9-41)33(48)51-14-22-15(2)52-34(49)53-22)37-20-12-21(38(3)4)18-10-16-11-19-26(39(5)6)29(44)25(32(36)47)31(46)35(19,50)30(45)23(16)28(43)24(18)27(20)42/h9,12,16-17,19,26,37,42-43,46,50H,7-8,10-11,13-14H2,1-6H3,(H2,36,47)/t16?,17?,19?,26-,35-/m0/s1. The monoisotopic (exact) mass is 741 g/mol. The number of aryl methyl sites for hydroxylation is 1. The highest BCUT2D eigenvalue weighted by Crippen LogP contribution is 2.54. The molecule has 0 bridgehead atoms. The Balaban J connectivity index is 1.52. The molecule has 3 aliphatic rings. The number of hydrogen-bond donors (Lipinski definition) is 6. The molecule has 1 saturated carbocycles. The number of aliphatic hydroxyl groups is 3. The minimum atomic E-state index is -2.79. The number of aldehydes is 1. The van der Waals surface area contributed by atoms with Gasteiger partial charge in [0.15, 0.2) is 29.5 Å². The molecule has 18 heteroatoms. The average Bonchev–Trinajstić information content (AvgIpc) is 3.41. The minimum Gasteiger partial charge on any atom is -0.508 e. The van der Waals surface area contributed by atoms with Crippen LogP contribution >= 0.6 is 0 Å². The SMILES string of the molecule is CCC(CN(CC=O)C(=O)OCc1oc(=O)oc1C)Nc1cc(N(C)C)c2c(c1O)C(O)=C1C(=O)[C@]3(O)C(O)=C(C(N)=O)C(=O)[C@@H](N(C)C)C3CC1C2. The van der Waals surface area contributed by atoms with Crippen LogP contribution in [0.1, 0.15) is 42.4 Å². The van der Waals surface area contributed by atoms with Crippen molar-refractivity contribution in [1.29, 1.82) is 0 Å². The number of phenolic OH excluding ortho intramolecular Hbond substituents is 1. The van der Waals surface area contributed by atoms with E-state index < -0.39 is 88.4 Å². The lowest BCUT2D eigenvalue weighted by Crippen LogP contribution is -2.65. The Morgan fingerprint density at radius 1 is 1.15 bits per heavy atom. The molecule has 0 saturated heterocycles. The van der Waals surface area contributed by atoms with Crippen LogP contribution in [0.4, 0.5) is 16.2 Å².